The van der Waals surface area contributed by atoms with Gasteiger partial charge in [-0.2, -0.15) is 9.97 Å². The number of rotatable bonds is 5. The van der Waals surface area contributed by atoms with Gasteiger partial charge in [0.25, 0.3) is 0 Å². The van der Waals surface area contributed by atoms with Gasteiger partial charge in [0, 0.05) is 6.54 Å². The van der Waals surface area contributed by atoms with Crippen LogP contribution in [0, 0.1) is 0 Å². The lowest BCUT2D eigenvalue weighted by Crippen LogP contribution is -2.44. The van der Waals surface area contributed by atoms with Crippen LogP contribution >= 0.6 is 0 Å². The molecule has 170 valence electrons. The summed E-state index contributed by atoms with van der Waals surface area (Å²) in [7, 11) is 1.42. The van der Waals surface area contributed by atoms with Crippen LogP contribution in [0.4, 0.5) is 15.5 Å². The molecular formula is C20H29N5O6. The molecule has 0 aromatic carbocycles. The SMILES string of the molecule is COc1nc(N(C(=O)OC(C)(C)C)C(=O)OC(C)(C)C)nc2c1ncn2CC[C@@H]1CO1. The Morgan fingerprint density at radius 2 is 1.71 bits per heavy atom. The molecule has 2 amide bonds. The number of imide groups is 1. The number of aromatic nitrogens is 4. The van der Waals surface area contributed by atoms with E-state index in [2.05, 4.69) is 15.0 Å². The van der Waals surface area contributed by atoms with Gasteiger partial charge in [0.05, 0.1) is 26.1 Å². The molecule has 0 bridgehead atoms. The van der Waals surface area contributed by atoms with E-state index in [-0.39, 0.29) is 17.9 Å². The van der Waals surface area contributed by atoms with Gasteiger partial charge in [-0.3, -0.25) is 0 Å². The van der Waals surface area contributed by atoms with Gasteiger partial charge < -0.3 is 23.5 Å². The molecule has 0 radical (unpaired) electrons. The Hall–Kier alpha value is -2.95. The average molecular weight is 435 g/mol. The maximum Gasteiger partial charge on any atom is 0.427 e. The van der Waals surface area contributed by atoms with Gasteiger partial charge in [-0.25, -0.2) is 14.6 Å². The van der Waals surface area contributed by atoms with E-state index in [4.69, 9.17) is 18.9 Å². The highest BCUT2D eigenvalue weighted by atomic mass is 16.6. The first kappa shape index (κ1) is 22.7. The summed E-state index contributed by atoms with van der Waals surface area (Å²) in [6.07, 6.45) is 0.704. The molecule has 1 fully saturated rings. The van der Waals surface area contributed by atoms with E-state index < -0.39 is 23.4 Å². The van der Waals surface area contributed by atoms with Crippen LogP contribution in [0.5, 0.6) is 5.88 Å². The first-order chi connectivity index (χ1) is 14.4. The molecule has 2 aromatic heterocycles. The van der Waals surface area contributed by atoms with Crippen molar-refractivity contribution >= 4 is 29.3 Å². The van der Waals surface area contributed by atoms with E-state index in [9.17, 15) is 9.59 Å². The molecule has 0 unspecified atom stereocenters. The van der Waals surface area contributed by atoms with Crippen molar-refractivity contribution in [3.05, 3.63) is 6.33 Å². The molecule has 31 heavy (non-hydrogen) atoms. The highest BCUT2D eigenvalue weighted by Gasteiger charge is 2.36. The molecule has 1 aliphatic heterocycles. The average Bonchev–Trinajstić information content (AvgIpc) is 3.35. The van der Waals surface area contributed by atoms with Gasteiger partial charge in [-0.1, -0.05) is 0 Å². The zero-order chi connectivity index (χ0) is 23.0. The number of epoxide rings is 1. The fourth-order valence-corrected chi connectivity index (χ4v) is 2.68. The van der Waals surface area contributed by atoms with E-state index >= 15 is 0 Å². The molecule has 11 heteroatoms. The summed E-state index contributed by atoms with van der Waals surface area (Å²) in [4.78, 5) is 39.5. The molecule has 11 nitrogen and oxygen atoms in total. The number of carbonyl (C=O) groups excluding carboxylic acids is 2. The number of nitrogens with zero attached hydrogens (tertiary/aromatic N) is 5. The van der Waals surface area contributed by atoms with Gasteiger partial charge in [-0.15, -0.1) is 4.90 Å². The van der Waals surface area contributed by atoms with Gasteiger partial charge >= 0.3 is 12.2 Å². The number of imidazole rings is 1. The van der Waals surface area contributed by atoms with Crippen LogP contribution in [-0.2, 0) is 20.8 Å². The first-order valence-corrected chi connectivity index (χ1v) is 10.0. The van der Waals surface area contributed by atoms with Crippen LogP contribution in [0.3, 0.4) is 0 Å². The zero-order valence-corrected chi connectivity index (χ0v) is 19.0. The lowest BCUT2D eigenvalue weighted by Gasteiger charge is -2.27. The van der Waals surface area contributed by atoms with E-state index in [1.807, 2.05) is 0 Å². The second-order valence-electron chi connectivity index (χ2n) is 9.18. The topological polar surface area (TPSA) is 121 Å². The standard InChI is InChI=1S/C20H29N5O6/c1-19(2,3)30-17(26)25(18(27)31-20(4,5)6)16-22-14-13(15(23-16)28-7)21-11-24(14)9-8-12-10-29-12/h11-12H,8-10H2,1-7H3/t12-/m1/s1. The lowest BCUT2D eigenvalue weighted by molar-refractivity contribution is 0.0427. The Morgan fingerprint density at radius 3 is 2.19 bits per heavy atom. The minimum Gasteiger partial charge on any atom is -0.479 e. The zero-order valence-electron chi connectivity index (χ0n) is 19.0. The van der Waals surface area contributed by atoms with Gasteiger partial charge in [0.1, 0.15) is 11.2 Å². The molecule has 0 N–H and O–H groups in total. The Balaban J connectivity index is 2.04. The monoisotopic (exact) mass is 435 g/mol. The molecule has 0 spiro atoms. The van der Waals surface area contributed by atoms with Crippen LogP contribution in [0.2, 0.25) is 0 Å². The van der Waals surface area contributed by atoms with Gasteiger partial charge in [-0.05, 0) is 48.0 Å². The normalized spacial score (nSPS) is 16.2. The highest BCUT2D eigenvalue weighted by Crippen LogP contribution is 2.27. The number of aryl methyl sites for hydroxylation is 1. The molecule has 1 saturated heterocycles. The second-order valence-corrected chi connectivity index (χ2v) is 9.18. The Labute approximate surface area is 180 Å². The number of anilines is 1. The smallest absolute Gasteiger partial charge is 0.427 e. The van der Waals surface area contributed by atoms with Crippen molar-refractivity contribution in [3.63, 3.8) is 0 Å². The number of hydrogen-bond acceptors (Lipinski definition) is 9. The minimum atomic E-state index is -0.958. The fraction of sp³-hybridized carbons (Fsp3) is 0.650. The summed E-state index contributed by atoms with van der Waals surface area (Å²) < 4.78 is 23.2. The van der Waals surface area contributed by atoms with Crippen LogP contribution < -0.4 is 9.64 Å². The third-order valence-electron chi connectivity index (χ3n) is 4.06. The summed E-state index contributed by atoms with van der Waals surface area (Å²) in [6.45, 7) is 11.5. The second kappa shape index (κ2) is 8.29. The summed E-state index contributed by atoms with van der Waals surface area (Å²) in [5.74, 6) is -0.101. The highest BCUT2D eigenvalue weighted by molar-refractivity contribution is 6.08. The number of fused-ring (bicyclic) bond motifs is 1. The third kappa shape index (κ3) is 5.81. The molecule has 0 aliphatic carbocycles. The van der Waals surface area contributed by atoms with Crippen LogP contribution in [0.25, 0.3) is 11.2 Å². The minimum absolute atomic E-state index is 0.124. The number of methoxy groups -OCH3 is 1. The predicted octanol–water partition coefficient (Wildman–Crippen LogP) is 3.30. The largest absolute Gasteiger partial charge is 0.479 e. The number of ether oxygens (including phenoxy) is 4. The Morgan fingerprint density at radius 1 is 1.13 bits per heavy atom. The van der Waals surface area contributed by atoms with E-state index in [0.717, 1.165) is 13.0 Å². The van der Waals surface area contributed by atoms with Crippen LogP contribution in [-0.4, -0.2) is 62.7 Å². The predicted molar refractivity (Wildman–Crippen MR) is 111 cm³/mol. The number of hydrogen-bond donors (Lipinski definition) is 0. The van der Waals surface area contributed by atoms with Crippen molar-refractivity contribution in [1.29, 1.82) is 0 Å². The summed E-state index contributed by atoms with van der Waals surface area (Å²) in [6, 6.07) is 0. The van der Waals surface area contributed by atoms with Crippen molar-refractivity contribution in [2.75, 3.05) is 18.6 Å². The maximum atomic E-state index is 12.9. The number of carbonyl (C=O) groups is 2. The molecular weight excluding hydrogens is 406 g/mol. The fourth-order valence-electron chi connectivity index (χ4n) is 2.68. The lowest BCUT2D eigenvalue weighted by atomic mass is 10.2. The summed E-state index contributed by atoms with van der Waals surface area (Å²) in [5, 5.41) is 0. The van der Waals surface area contributed by atoms with Crippen molar-refractivity contribution in [2.45, 2.75) is 71.8 Å². The van der Waals surface area contributed by atoms with Gasteiger partial charge in [0.15, 0.2) is 11.2 Å². The van der Waals surface area contributed by atoms with Crippen LogP contribution in [0.15, 0.2) is 6.33 Å². The first-order valence-electron chi connectivity index (χ1n) is 10.0. The van der Waals surface area contributed by atoms with Crippen molar-refractivity contribution in [1.82, 2.24) is 19.5 Å². The molecule has 1 atom stereocenters. The van der Waals surface area contributed by atoms with E-state index in [1.165, 1.54) is 7.11 Å². The van der Waals surface area contributed by atoms with E-state index in [0.29, 0.717) is 22.6 Å². The Kier molecular flexibility index (Phi) is 6.08. The van der Waals surface area contributed by atoms with E-state index in [1.54, 1.807) is 52.4 Å². The molecule has 2 aromatic rings. The van der Waals surface area contributed by atoms with Crippen molar-refractivity contribution in [3.8, 4) is 5.88 Å². The Bertz CT molecular complexity index is 943. The molecule has 3 heterocycles. The van der Waals surface area contributed by atoms with Crippen molar-refractivity contribution < 1.29 is 28.5 Å². The third-order valence-corrected chi connectivity index (χ3v) is 4.06. The number of amides is 2. The van der Waals surface area contributed by atoms with Crippen molar-refractivity contribution in [2.24, 2.45) is 0 Å². The maximum absolute atomic E-state index is 12.9. The molecule has 3 rings (SSSR count). The summed E-state index contributed by atoms with van der Waals surface area (Å²) in [5.41, 5.74) is -0.870. The molecule has 0 saturated carbocycles. The quantitative estimate of drug-likeness (QED) is 0.651. The molecule has 1 aliphatic rings. The van der Waals surface area contributed by atoms with Crippen LogP contribution in [0.1, 0.15) is 48.0 Å². The summed E-state index contributed by atoms with van der Waals surface area (Å²) >= 11 is 0. The van der Waals surface area contributed by atoms with Gasteiger partial charge in [0.2, 0.25) is 11.8 Å².